The highest BCUT2D eigenvalue weighted by Gasteiger charge is 2.45. The summed E-state index contributed by atoms with van der Waals surface area (Å²) >= 11 is 0. The summed E-state index contributed by atoms with van der Waals surface area (Å²) in [7, 11) is 0. The molecule has 5 atom stereocenters. The van der Waals surface area contributed by atoms with Gasteiger partial charge in [-0.15, -0.1) is 0 Å². The smallest absolute Gasteiger partial charge is 0.195 e. The molecule has 19 heavy (non-hydrogen) atoms. The van der Waals surface area contributed by atoms with E-state index in [-0.39, 0.29) is 11.5 Å². The molecule has 0 aromatic heterocycles. The van der Waals surface area contributed by atoms with Crippen LogP contribution in [0.15, 0.2) is 24.3 Å². The Kier molecular flexibility index (Phi) is 4.23. The fraction of sp³-hybridized carbons (Fsp3) is 0.500. The zero-order chi connectivity index (χ0) is 14.0. The first-order valence-corrected chi connectivity index (χ1v) is 5.79. The third kappa shape index (κ3) is 2.80. The summed E-state index contributed by atoms with van der Waals surface area (Å²) in [5.74, 6) is -0.121. The zero-order valence-electron chi connectivity index (χ0n) is 9.96. The van der Waals surface area contributed by atoms with Gasteiger partial charge in [-0.2, -0.15) is 0 Å². The lowest BCUT2D eigenvalue weighted by Crippen LogP contribution is -2.60. The van der Waals surface area contributed by atoms with Crippen molar-refractivity contribution in [2.24, 2.45) is 0 Å². The van der Waals surface area contributed by atoms with Crippen molar-refractivity contribution in [1.29, 1.82) is 0 Å². The van der Waals surface area contributed by atoms with Gasteiger partial charge in [0.2, 0.25) is 0 Å². The SMILES string of the molecule is OC[C@H]1O[C@H](O)[C@H](Oc2ccccc2O)[C@@H](O)[C@@H]1O. The Morgan fingerprint density at radius 1 is 1.11 bits per heavy atom. The molecule has 1 aromatic carbocycles. The molecule has 1 fully saturated rings. The number of aliphatic hydroxyl groups excluding tert-OH is 4. The number of rotatable bonds is 3. The Morgan fingerprint density at radius 2 is 1.79 bits per heavy atom. The molecule has 7 heteroatoms. The third-order valence-corrected chi connectivity index (χ3v) is 2.97. The van der Waals surface area contributed by atoms with Gasteiger partial charge in [0.15, 0.2) is 23.9 Å². The van der Waals surface area contributed by atoms with E-state index in [1.807, 2.05) is 0 Å². The van der Waals surface area contributed by atoms with Crippen LogP contribution in [-0.2, 0) is 4.74 Å². The molecule has 2 rings (SSSR count). The standard InChI is InChI=1S/C12H16O7/c13-5-8-9(15)10(16)11(12(17)19-8)18-7-4-2-1-3-6(7)14/h1-4,8-17H,5H2/t8-,9-,10+,11-,12+/m1/s1. The van der Waals surface area contributed by atoms with Gasteiger partial charge in [-0.05, 0) is 12.1 Å². The van der Waals surface area contributed by atoms with Crippen molar-refractivity contribution in [1.82, 2.24) is 0 Å². The summed E-state index contributed by atoms with van der Waals surface area (Å²) in [6.07, 6.45) is -6.75. The number of benzene rings is 1. The first-order chi connectivity index (χ1) is 9.04. The summed E-state index contributed by atoms with van der Waals surface area (Å²) in [5.41, 5.74) is 0. The minimum atomic E-state index is -1.53. The van der Waals surface area contributed by atoms with Crippen LogP contribution in [0.2, 0.25) is 0 Å². The van der Waals surface area contributed by atoms with Crippen molar-refractivity contribution < 1.29 is 35.0 Å². The molecule has 0 amide bonds. The van der Waals surface area contributed by atoms with Crippen molar-refractivity contribution in [3.8, 4) is 11.5 Å². The number of para-hydroxylation sites is 2. The molecule has 0 unspecified atom stereocenters. The summed E-state index contributed by atoms with van der Waals surface area (Å²) in [4.78, 5) is 0. The predicted octanol–water partition coefficient (Wildman–Crippen LogP) is -1.43. The first kappa shape index (κ1) is 14.0. The van der Waals surface area contributed by atoms with Crippen LogP contribution in [0.3, 0.4) is 0 Å². The third-order valence-electron chi connectivity index (χ3n) is 2.97. The quantitative estimate of drug-likeness (QED) is 0.457. The van der Waals surface area contributed by atoms with E-state index in [0.717, 1.165) is 0 Å². The lowest BCUT2D eigenvalue weighted by Gasteiger charge is -2.39. The van der Waals surface area contributed by atoms with Crippen LogP contribution in [0.25, 0.3) is 0 Å². The Morgan fingerprint density at radius 3 is 2.42 bits per heavy atom. The molecule has 1 aliphatic heterocycles. The topological polar surface area (TPSA) is 120 Å². The summed E-state index contributed by atoms with van der Waals surface area (Å²) in [6, 6.07) is 6.01. The normalized spacial score (nSPS) is 35.1. The van der Waals surface area contributed by atoms with Crippen LogP contribution in [0.1, 0.15) is 0 Å². The Hall–Kier alpha value is -1.38. The monoisotopic (exact) mass is 272 g/mol. The number of ether oxygens (including phenoxy) is 2. The molecule has 0 spiro atoms. The second-order valence-corrected chi connectivity index (χ2v) is 4.28. The summed E-state index contributed by atoms with van der Waals surface area (Å²) < 4.78 is 10.2. The number of hydrogen-bond acceptors (Lipinski definition) is 7. The largest absolute Gasteiger partial charge is 0.504 e. The van der Waals surface area contributed by atoms with Gasteiger partial charge < -0.3 is 35.0 Å². The van der Waals surface area contributed by atoms with E-state index in [1.165, 1.54) is 12.1 Å². The maximum absolute atomic E-state index is 9.85. The second-order valence-electron chi connectivity index (χ2n) is 4.28. The van der Waals surface area contributed by atoms with Gasteiger partial charge in [-0.3, -0.25) is 0 Å². The van der Waals surface area contributed by atoms with Crippen LogP contribution in [0.5, 0.6) is 11.5 Å². The van der Waals surface area contributed by atoms with Gasteiger partial charge in [-0.25, -0.2) is 0 Å². The Labute approximate surface area is 109 Å². The molecule has 0 aliphatic carbocycles. The zero-order valence-corrected chi connectivity index (χ0v) is 9.96. The van der Waals surface area contributed by atoms with Crippen LogP contribution in [0, 0.1) is 0 Å². The minimum Gasteiger partial charge on any atom is -0.504 e. The fourth-order valence-electron chi connectivity index (χ4n) is 1.90. The van der Waals surface area contributed by atoms with Crippen LogP contribution < -0.4 is 4.74 Å². The van der Waals surface area contributed by atoms with Gasteiger partial charge in [-0.1, -0.05) is 12.1 Å². The molecule has 106 valence electrons. The molecular weight excluding hydrogens is 256 g/mol. The lowest BCUT2D eigenvalue weighted by atomic mass is 9.99. The molecule has 7 nitrogen and oxygen atoms in total. The van der Waals surface area contributed by atoms with Crippen molar-refractivity contribution in [3.63, 3.8) is 0 Å². The van der Waals surface area contributed by atoms with E-state index in [9.17, 15) is 20.4 Å². The van der Waals surface area contributed by atoms with Crippen molar-refractivity contribution in [3.05, 3.63) is 24.3 Å². The highest BCUT2D eigenvalue weighted by atomic mass is 16.7. The number of phenolic OH excluding ortho intramolecular Hbond substituents is 1. The molecular formula is C12H16O7. The average Bonchev–Trinajstić information content (AvgIpc) is 2.41. The number of aromatic hydroxyl groups is 1. The van der Waals surface area contributed by atoms with E-state index in [0.29, 0.717) is 0 Å². The van der Waals surface area contributed by atoms with Crippen LogP contribution in [0.4, 0.5) is 0 Å². The first-order valence-electron chi connectivity index (χ1n) is 5.79. The highest BCUT2D eigenvalue weighted by molar-refractivity contribution is 5.38. The number of aliphatic hydroxyl groups is 4. The highest BCUT2D eigenvalue weighted by Crippen LogP contribution is 2.29. The maximum atomic E-state index is 9.85. The van der Waals surface area contributed by atoms with E-state index < -0.39 is 37.3 Å². The molecule has 0 radical (unpaired) electrons. The van der Waals surface area contributed by atoms with Crippen molar-refractivity contribution in [2.75, 3.05) is 6.61 Å². The minimum absolute atomic E-state index is 0.0452. The van der Waals surface area contributed by atoms with Gasteiger partial charge in [0, 0.05) is 0 Å². The molecule has 1 aliphatic rings. The van der Waals surface area contributed by atoms with Gasteiger partial charge >= 0.3 is 0 Å². The van der Waals surface area contributed by atoms with Crippen LogP contribution in [-0.4, -0.2) is 62.8 Å². The Bertz CT molecular complexity index is 424. The van der Waals surface area contributed by atoms with E-state index in [4.69, 9.17) is 14.6 Å². The molecule has 1 saturated heterocycles. The number of hydrogen-bond donors (Lipinski definition) is 5. The number of phenols is 1. The van der Waals surface area contributed by atoms with E-state index in [2.05, 4.69) is 0 Å². The lowest BCUT2D eigenvalue weighted by molar-refractivity contribution is -0.280. The molecule has 1 heterocycles. The predicted molar refractivity (Wildman–Crippen MR) is 62.5 cm³/mol. The molecule has 1 aromatic rings. The second kappa shape index (κ2) is 5.72. The molecule has 5 N–H and O–H groups in total. The Balaban J connectivity index is 2.14. The van der Waals surface area contributed by atoms with Gasteiger partial charge in [0.1, 0.15) is 18.3 Å². The maximum Gasteiger partial charge on any atom is 0.195 e. The summed E-state index contributed by atoms with van der Waals surface area (Å²) in [6.45, 7) is -0.543. The fourth-order valence-corrected chi connectivity index (χ4v) is 1.90. The molecule has 0 bridgehead atoms. The van der Waals surface area contributed by atoms with Gasteiger partial charge in [0.25, 0.3) is 0 Å². The van der Waals surface area contributed by atoms with E-state index in [1.54, 1.807) is 12.1 Å². The van der Waals surface area contributed by atoms with Crippen molar-refractivity contribution >= 4 is 0 Å². The van der Waals surface area contributed by atoms with Gasteiger partial charge in [0.05, 0.1) is 6.61 Å². The average molecular weight is 272 g/mol. The van der Waals surface area contributed by atoms with E-state index >= 15 is 0 Å². The summed E-state index contributed by atoms with van der Waals surface area (Å²) in [5, 5.41) is 47.7. The van der Waals surface area contributed by atoms with Crippen LogP contribution >= 0.6 is 0 Å². The molecule has 0 saturated carbocycles. The van der Waals surface area contributed by atoms with Crippen molar-refractivity contribution in [2.45, 2.75) is 30.7 Å².